The number of hydrogen-bond acceptors (Lipinski definition) is 6. The van der Waals surface area contributed by atoms with E-state index in [1.165, 1.54) is 34.4 Å². The number of ketones is 1. The van der Waals surface area contributed by atoms with Gasteiger partial charge in [-0.05, 0) is 36.1 Å². The minimum Gasteiger partial charge on any atom is -0.326 e. The second kappa shape index (κ2) is 8.42. The molecule has 7 heteroatoms. The highest BCUT2D eigenvalue weighted by Crippen LogP contribution is 2.24. The highest BCUT2D eigenvalue weighted by molar-refractivity contribution is 8.01. The second-order valence-corrected chi connectivity index (χ2v) is 8.42. The number of carbonyl (C=O) groups excluding carboxylic acids is 2. The molecule has 0 radical (unpaired) electrons. The largest absolute Gasteiger partial charge is 0.326 e. The Hall–Kier alpha value is -1.96. The third-order valence-corrected chi connectivity index (χ3v) is 6.28. The van der Waals surface area contributed by atoms with E-state index in [2.05, 4.69) is 10.3 Å². The molecule has 0 saturated heterocycles. The van der Waals surface area contributed by atoms with Crippen molar-refractivity contribution in [1.29, 1.82) is 0 Å². The van der Waals surface area contributed by atoms with Gasteiger partial charge in [-0.25, -0.2) is 4.98 Å². The van der Waals surface area contributed by atoms with Gasteiger partial charge in [0.1, 0.15) is 0 Å². The van der Waals surface area contributed by atoms with Crippen LogP contribution < -0.4 is 5.32 Å². The van der Waals surface area contributed by atoms with Crippen molar-refractivity contribution in [3.63, 3.8) is 0 Å². The summed E-state index contributed by atoms with van der Waals surface area (Å²) in [7, 11) is 0. The number of nitrogens with zero attached hydrogens (tertiary/aromatic N) is 1. The van der Waals surface area contributed by atoms with Crippen LogP contribution in [0.15, 0.2) is 51.5 Å². The summed E-state index contributed by atoms with van der Waals surface area (Å²) in [5.41, 5.74) is 2.61. The number of thiazole rings is 1. The summed E-state index contributed by atoms with van der Waals surface area (Å²) in [5.74, 6) is 0.374. The number of amides is 1. The van der Waals surface area contributed by atoms with Crippen LogP contribution in [-0.2, 0) is 11.2 Å². The quantitative estimate of drug-likeness (QED) is 0.472. The van der Waals surface area contributed by atoms with Gasteiger partial charge in [-0.3, -0.25) is 9.59 Å². The van der Waals surface area contributed by atoms with E-state index in [4.69, 9.17) is 0 Å². The van der Waals surface area contributed by atoms with Gasteiger partial charge in [0.05, 0.1) is 22.7 Å². The highest BCUT2D eigenvalue weighted by Gasteiger charge is 2.12. The zero-order valence-electron chi connectivity index (χ0n) is 13.5. The lowest BCUT2D eigenvalue weighted by atomic mass is 10.2. The van der Waals surface area contributed by atoms with E-state index in [0.29, 0.717) is 5.75 Å². The first kappa shape index (κ1) is 17.8. The van der Waals surface area contributed by atoms with Gasteiger partial charge in [0.25, 0.3) is 0 Å². The van der Waals surface area contributed by atoms with Crippen LogP contribution in [0.1, 0.15) is 20.9 Å². The predicted octanol–water partition coefficient (Wildman–Crippen LogP) is 4.67. The molecular weight excluding hydrogens is 372 g/mol. The number of aromatic nitrogens is 1. The van der Waals surface area contributed by atoms with E-state index in [0.717, 1.165) is 26.2 Å². The molecule has 2 aromatic heterocycles. The lowest BCUT2D eigenvalue weighted by Crippen LogP contribution is -2.14. The molecule has 0 atom stereocenters. The Bertz CT molecular complexity index is 872. The molecule has 128 valence electrons. The van der Waals surface area contributed by atoms with Crippen molar-refractivity contribution < 1.29 is 9.59 Å². The van der Waals surface area contributed by atoms with Crippen molar-refractivity contribution in [2.45, 2.75) is 17.7 Å². The molecule has 1 aromatic carbocycles. The van der Waals surface area contributed by atoms with Crippen LogP contribution in [0.3, 0.4) is 0 Å². The van der Waals surface area contributed by atoms with Crippen molar-refractivity contribution in [3.05, 3.63) is 63.3 Å². The van der Waals surface area contributed by atoms with Crippen molar-refractivity contribution in [3.8, 4) is 0 Å². The number of Topliss-reactive ketones (excluding diaryl/α,β-unsaturated/α-hetero) is 1. The summed E-state index contributed by atoms with van der Waals surface area (Å²) in [6.45, 7) is 1.98. The van der Waals surface area contributed by atoms with E-state index in [-0.39, 0.29) is 18.1 Å². The number of thioether (sulfide) groups is 1. The number of carbonyl (C=O) groups is 2. The molecule has 25 heavy (non-hydrogen) atoms. The number of benzene rings is 1. The number of nitrogens with one attached hydrogen (secondary N) is 1. The second-order valence-electron chi connectivity index (χ2n) is 5.39. The number of hydrogen-bond donors (Lipinski definition) is 1. The third-order valence-electron chi connectivity index (χ3n) is 3.30. The average molecular weight is 389 g/mol. The lowest BCUT2D eigenvalue weighted by Gasteiger charge is -2.04. The summed E-state index contributed by atoms with van der Waals surface area (Å²) in [4.78, 5) is 29.3. The Morgan fingerprint density at radius 1 is 1.20 bits per heavy atom. The number of thiophene rings is 1. The zero-order valence-corrected chi connectivity index (χ0v) is 16.0. The monoisotopic (exact) mass is 388 g/mol. The lowest BCUT2D eigenvalue weighted by molar-refractivity contribution is -0.115. The maximum atomic E-state index is 12.1. The van der Waals surface area contributed by atoms with Crippen LogP contribution in [0.5, 0.6) is 0 Å². The Kier molecular flexibility index (Phi) is 6.01. The molecule has 0 aliphatic carbocycles. The smallest absolute Gasteiger partial charge is 0.230 e. The van der Waals surface area contributed by atoms with Crippen LogP contribution >= 0.6 is 34.4 Å². The van der Waals surface area contributed by atoms with Crippen LogP contribution in [0.4, 0.5) is 5.69 Å². The SMILES string of the molecule is Cc1cccc(NC(=O)Cc2csc(SCC(=O)c3cccs3)n2)c1. The normalized spacial score (nSPS) is 10.6. The highest BCUT2D eigenvalue weighted by atomic mass is 32.2. The van der Waals surface area contributed by atoms with Gasteiger partial charge in [-0.15, -0.1) is 22.7 Å². The van der Waals surface area contributed by atoms with Gasteiger partial charge in [-0.2, -0.15) is 0 Å². The first-order chi connectivity index (χ1) is 12.1. The summed E-state index contributed by atoms with van der Waals surface area (Å²) in [6, 6.07) is 11.4. The molecule has 4 nitrogen and oxygen atoms in total. The van der Waals surface area contributed by atoms with Crippen molar-refractivity contribution >= 4 is 51.8 Å². The molecular formula is C18H16N2O2S3. The third kappa shape index (κ3) is 5.26. The molecule has 1 N–H and O–H groups in total. The van der Waals surface area contributed by atoms with Crippen LogP contribution in [0.25, 0.3) is 0 Å². The van der Waals surface area contributed by atoms with Gasteiger partial charge < -0.3 is 5.32 Å². The Balaban J connectivity index is 1.51. The minimum absolute atomic E-state index is 0.0953. The van der Waals surface area contributed by atoms with Crippen molar-refractivity contribution in [2.24, 2.45) is 0 Å². The van der Waals surface area contributed by atoms with E-state index in [1.807, 2.05) is 54.1 Å². The first-order valence-electron chi connectivity index (χ1n) is 7.60. The Morgan fingerprint density at radius 3 is 2.84 bits per heavy atom. The van der Waals surface area contributed by atoms with Crippen molar-refractivity contribution in [1.82, 2.24) is 4.98 Å². The fourth-order valence-corrected chi connectivity index (χ4v) is 4.65. The minimum atomic E-state index is -0.0953. The Labute approximate surface area is 158 Å². The standard InChI is InChI=1S/C18H16N2O2S3/c1-12-4-2-5-13(8-12)19-17(22)9-14-10-24-18(20-14)25-11-15(21)16-6-3-7-23-16/h2-8,10H,9,11H2,1H3,(H,19,22). The van der Waals surface area contributed by atoms with E-state index in [1.54, 1.807) is 0 Å². The molecule has 0 saturated carbocycles. The van der Waals surface area contributed by atoms with E-state index in [9.17, 15) is 9.59 Å². The molecule has 0 spiro atoms. The van der Waals surface area contributed by atoms with Crippen LogP contribution in [-0.4, -0.2) is 22.4 Å². The van der Waals surface area contributed by atoms with Gasteiger partial charge >= 0.3 is 0 Å². The summed E-state index contributed by atoms with van der Waals surface area (Å²) in [5, 5.41) is 6.64. The number of anilines is 1. The van der Waals surface area contributed by atoms with Gasteiger partial charge in [0.2, 0.25) is 5.91 Å². The predicted molar refractivity (Wildman–Crippen MR) is 105 cm³/mol. The summed E-state index contributed by atoms with van der Waals surface area (Å²) >= 11 is 4.32. The number of rotatable bonds is 7. The van der Waals surface area contributed by atoms with Crippen LogP contribution in [0, 0.1) is 6.92 Å². The molecule has 3 rings (SSSR count). The molecule has 0 bridgehead atoms. The van der Waals surface area contributed by atoms with Gasteiger partial charge in [0, 0.05) is 11.1 Å². The maximum Gasteiger partial charge on any atom is 0.230 e. The molecule has 1 amide bonds. The fourth-order valence-electron chi connectivity index (χ4n) is 2.16. The Morgan fingerprint density at radius 2 is 2.08 bits per heavy atom. The summed E-state index contributed by atoms with van der Waals surface area (Å²) in [6.07, 6.45) is 0.226. The molecule has 0 unspecified atom stereocenters. The molecule has 3 aromatic rings. The topological polar surface area (TPSA) is 59.1 Å². The molecule has 0 aliphatic rings. The van der Waals surface area contributed by atoms with Gasteiger partial charge in [0.15, 0.2) is 10.1 Å². The summed E-state index contributed by atoms with van der Waals surface area (Å²) < 4.78 is 0.809. The van der Waals surface area contributed by atoms with Gasteiger partial charge in [-0.1, -0.05) is 30.0 Å². The zero-order chi connectivity index (χ0) is 17.6. The van der Waals surface area contributed by atoms with Crippen LogP contribution in [0.2, 0.25) is 0 Å². The van der Waals surface area contributed by atoms with Crippen molar-refractivity contribution in [2.75, 3.05) is 11.1 Å². The van der Waals surface area contributed by atoms with E-state index < -0.39 is 0 Å². The molecule has 0 fully saturated rings. The maximum absolute atomic E-state index is 12.1. The first-order valence-corrected chi connectivity index (χ1v) is 10.3. The molecule has 2 heterocycles. The number of aryl methyl sites for hydroxylation is 1. The fraction of sp³-hybridized carbons (Fsp3) is 0.167. The van der Waals surface area contributed by atoms with E-state index >= 15 is 0 Å². The molecule has 0 aliphatic heterocycles. The average Bonchev–Trinajstić information content (AvgIpc) is 3.24.